The van der Waals surface area contributed by atoms with E-state index in [2.05, 4.69) is 17.6 Å². The SMILES string of the molecule is CCC1(C(=O)NCCCO)CCNC1. The molecule has 1 aliphatic heterocycles. The molecule has 0 bridgehead atoms. The highest BCUT2D eigenvalue weighted by molar-refractivity contribution is 5.83. The Labute approximate surface area is 85.1 Å². The van der Waals surface area contributed by atoms with Crippen LogP contribution in [0.25, 0.3) is 0 Å². The van der Waals surface area contributed by atoms with Gasteiger partial charge in [-0.05, 0) is 25.8 Å². The van der Waals surface area contributed by atoms with E-state index in [1.165, 1.54) is 0 Å². The lowest BCUT2D eigenvalue weighted by atomic mass is 9.83. The number of aliphatic hydroxyl groups is 1. The lowest BCUT2D eigenvalue weighted by Gasteiger charge is -2.25. The molecule has 0 aromatic rings. The summed E-state index contributed by atoms with van der Waals surface area (Å²) in [5.74, 6) is 0.137. The van der Waals surface area contributed by atoms with Gasteiger partial charge in [0.2, 0.25) is 5.91 Å². The van der Waals surface area contributed by atoms with Crippen LogP contribution in [0.1, 0.15) is 26.2 Å². The fourth-order valence-corrected chi connectivity index (χ4v) is 1.87. The van der Waals surface area contributed by atoms with E-state index in [9.17, 15) is 4.79 Å². The first-order chi connectivity index (χ1) is 6.75. The van der Waals surface area contributed by atoms with Gasteiger partial charge in [0.25, 0.3) is 0 Å². The Morgan fingerprint density at radius 1 is 1.64 bits per heavy atom. The van der Waals surface area contributed by atoms with Crippen LogP contribution < -0.4 is 10.6 Å². The molecule has 1 atom stereocenters. The van der Waals surface area contributed by atoms with E-state index in [4.69, 9.17) is 5.11 Å². The summed E-state index contributed by atoms with van der Waals surface area (Å²) in [6.45, 7) is 4.49. The van der Waals surface area contributed by atoms with E-state index >= 15 is 0 Å². The first-order valence-corrected chi connectivity index (χ1v) is 5.35. The Kier molecular flexibility index (Phi) is 4.35. The molecule has 14 heavy (non-hydrogen) atoms. The highest BCUT2D eigenvalue weighted by Gasteiger charge is 2.38. The van der Waals surface area contributed by atoms with Gasteiger partial charge in [-0.1, -0.05) is 6.92 Å². The van der Waals surface area contributed by atoms with Crippen molar-refractivity contribution in [2.75, 3.05) is 26.2 Å². The largest absolute Gasteiger partial charge is 0.396 e. The van der Waals surface area contributed by atoms with Gasteiger partial charge in [-0.15, -0.1) is 0 Å². The zero-order valence-electron chi connectivity index (χ0n) is 8.81. The number of rotatable bonds is 5. The van der Waals surface area contributed by atoms with Crippen molar-refractivity contribution < 1.29 is 9.90 Å². The lowest BCUT2D eigenvalue weighted by Crippen LogP contribution is -2.42. The van der Waals surface area contributed by atoms with Gasteiger partial charge in [0.15, 0.2) is 0 Å². The molecule has 0 saturated carbocycles. The lowest BCUT2D eigenvalue weighted by molar-refractivity contribution is -0.130. The van der Waals surface area contributed by atoms with Gasteiger partial charge in [0.1, 0.15) is 0 Å². The zero-order chi connectivity index (χ0) is 10.4. The van der Waals surface area contributed by atoms with E-state index < -0.39 is 0 Å². The molecule has 3 N–H and O–H groups in total. The Morgan fingerprint density at radius 3 is 2.93 bits per heavy atom. The number of hydrogen-bond acceptors (Lipinski definition) is 3. The molecular formula is C10H20N2O2. The van der Waals surface area contributed by atoms with Gasteiger partial charge in [0.05, 0.1) is 5.41 Å². The van der Waals surface area contributed by atoms with Crippen molar-refractivity contribution in [2.45, 2.75) is 26.2 Å². The van der Waals surface area contributed by atoms with Crippen molar-refractivity contribution in [3.8, 4) is 0 Å². The smallest absolute Gasteiger partial charge is 0.227 e. The summed E-state index contributed by atoms with van der Waals surface area (Å²) in [6.07, 6.45) is 2.44. The predicted octanol–water partition coefficient (Wildman–Crippen LogP) is -0.125. The topological polar surface area (TPSA) is 61.4 Å². The molecule has 0 aliphatic carbocycles. The van der Waals surface area contributed by atoms with Gasteiger partial charge in [0, 0.05) is 19.7 Å². The summed E-state index contributed by atoms with van der Waals surface area (Å²) in [5, 5.41) is 14.7. The third kappa shape index (κ3) is 2.45. The van der Waals surface area contributed by atoms with Gasteiger partial charge in [-0.2, -0.15) is 0 Å². The van der Waals surface area contributed by atoms with Crippen LogP contribution in [0.4, 0.5) is 0 Å². The summed E-state index contributed by atoms with van der Waals surface area (Å²) in [7, 11) is 0. The Morgan fingerprint density at radius 2 is 2.43 bits per heavy atom. The molecule has 1 saturated heterocycles. The molecule has 1 fully saturated rings. The number of carbonyl (C=O) groups excluding carboxylic acids is 1. The van der Waals surface area contributed by atoms with Gasteiger partial charge < -0.3 is 15.7 Å². The summed E-state index contributed by atoms with van der Waals surface area (Å²) >= 11 is 0. The van der Waals surface area contributed by atoms with Crippen molar-refractivity contribution in [3.05, 3.63) is 0 Å². The summed E-state index contributed by atoms with van der Waals surface area (Å²) < 4.78 is 0. The van der Waals surface area contributed by atoms with Crippen molar-refractivity contribution in [2.24, 2.45) is 5.41 Å². The molecule has 4 nitrogen and oxygen atoms in total. The maximum Gasteiger partial charge on any atom is 0.227 e. The van der Waals surface area contributed by atoms with Crippen molar-refractivity contribution >= 4 is 5.91 Å². The molecule has 1 amide bonds. The maximum absolute atomic E-state index is 11.8. The second-order valence-corrected chi connectivity index (χ2v) is 3.89. The van der Waals surface area contributed by atoms with Crippen molar-refractivity contribution in [3.63, 3.8) is 0 Å². The maximum atomic E-state index is 11.8. The summed E-state index contributed by atoms with van der Waals surface area (Å²) in [4.78, 5) is 11.8. The highest BCUT2D eigenvalue weighted by Crippen LogP contribution is 2.29. The molecule has 0 radical (unpaired) electrons. The van der Waals surface area contributed by atoms with E-state index in [0.29, 0.717) is 13.0 Å². The zero-order valence-corrected chi connectivity index (χ0v) is 8.81. The monoisotopic (exact) mass is 200 g/mol. The molecule has 82 valence electrons. The van der Waals surface area contributed by atoms with Crippen LogP contribution >= 0.6 is 0 Å². The number of nitrogens with one attached hydrogen (secondary N) is 2. The standard InChI is InChI=1S/C10H20N2O2/c1-2-10(4-6-11-8-10)9(14)12-5-3-7-13/h11,13H,2-8H2,1H3,(H,12,14). The van der Waals surface area contributed by atoms with E-state index in [0.717, 1.165) is 25.9 Å². The molecule has 0 aromatic heterocycles. The Hall–Kier alpha value is -0.610. The minimum Gasteiger partial charge on any atom is -0.396 e. The molecule has 1 aliphatic rings. The molecule has 1 rings (SSSR count). The third-order valence-corrected chi connectivity index (χ3v) is 3.02. The van der Waals surface area contributed by atoms with E-state index in [1.54, 1.807) is 0 Å². The molecule has 1 heterocycles. The second-order valence-electron chi connectivity index (χ2n) is 3.89. The van der Waals surface area contributed by atoms with Crippen molar-refractivity contribution in [1.82, 2.24) is 10.6 Å². The molecule has 0 aromatic carbocycles. The van der Waals surface area contributed by atoms with Crippen LogP contribution in [0.5, 0.6) is 0 Å². The van der Waals surface area contributed by atoms with Crippen LogP contribution in [0.2, 0.25) is 0 Å². The fourth-order valence-electron chi connectivity index (χ4n) is 1.87. The van der Waals surface area contributed by atoms with E-state index in [1.807, 2.05) is 0 Å². The van der Waals surface area contributed by atoms with Crippen LogP contribution in [0.15, 0.2) is 0 Å². The Bertz CT molecular complexity index is 189. The quantitative estimate of drug-likeness (QED) is 0.542. The second kappa shape index (κ2) is 5.32. The minimum absolute atomic E-state index is 0.137. The predicted molar refractivity (Wildman–Crippen MR) is 54.9 cm³/mol. The first kappa shape index (κ1) is 11.5. The van der Waals surface area contributed by atoms with E-state index in [-0.39, 0.29) is 17.9 Å². The minimum atomic E-state index is -0.199. The van der Waals surface area contributed by atoms with Crippen LogP contribution in [0, 0.1) is 5.41 Å². The molecule has 0 spiro atoms. The van der Waals surface area contributed by atoms with Crippen LogP contribution in [0.3, 0.4) is 0 Å². The van der Waals surface area contributed by atoms with Gasteiger partial charge >= 0.3 is 0 Å². The van der Waals surface area contributed by atoms with Gasteiger partial charge in [-0.3, -0.25) is 4.79 Å². The number of hydrogen-bond donors (Lipinski definition) is 3. The fraction of sp³-hybridized carbons (Fsp3) is 0.900. The average molecular weight is 200 g/mol. The van der Waals surface area contributed by atoms with Crippen LogP contribution in [-0.4, -0.2) is 37.3 Å². The number of aliphatic hydroxyl groups excluding tert-OH is 1. The van der Waals surface area contributed by atoms with Crippen molar-refractivity contribution in [1.29, 1.82) is 0 Å². The Balaban J connectivity index is 2.40. The molecular weight excluding hydrogens is 180 g/mol. The number of carbonyl (C=O) groups is 1. The first-order valence-electron chi connectivity index (χ1n) is 5.35. The van der Waals surface area contributed by atoms with Crippen LogP contribution in [-0.2, 0) is 4.79 Å². The highest BCUT2D eigenvalue weighted by atomic mass is 16.3. The average Bonchev–Trinajstić information content (AvgIpc) is 2.67. The summed E-state index contributed by atoms with van der Waals surface area (Å²) in [6, 6.07) is 0. The molecule has 4 heteroatoms. The van der Waals surface area contributed by atoms with Gasteiger partial charge in [-0.25, -0.2) is 0 Å². The molecule has 1 unspecified atom stereocenters. The summed E-state index contributed by atoms with van der Waals surface area (Å²) in [5.41, 5.74) is -0.199. The third-order valence-electron chi connectivity index (χ3n) is 3.02. The number of amides is 1. The normalized spacial score (nSPS) is 26.4.